The SMILES string of the molecule is NCCN1C[C@@H](O)[C@H](O)C1. The van der Waals surface area contributed by atoms with Crippen LogP contribution in [0.5, 0.6) is 0 Å². The van der Waals surface area contributed by atoms with Crippen molar-refractivity contribution >= 4 is 0 Å². The number of hydrogen-bond acceptors (Lipinski definition) is 4. The molecule has 0 aliphatic carbocycles. The molecule has 0 aromatic heterocycles. The zero-order chi connectivity index (χ0) is 7.56. The van der Waals surface area contributed by atoms with Gasteiger partial charge in [-0.3, -0.25) is 4.90 Å². The summed E-state index contributed by atoms with van der Waals surface area (Å²) < 4.78 is 0. The number of hydrogen-bond donors (Lipinski definition) is 3. The molecule has 2 atom stereocenters. The molecule has 0 radical (unpaired) electrons. The van der Waals surface area contributed by atoms with Crippen molar-refractivity contribution in [2.45, 2.75) is 12.2 Å². The molecule has 0 aromatic carbocycles. The second-order valence-electron chi connectivity index (χ2n) is 2.68. The Morgan fingerprint density at radius 1 is 1.30 bits per heavy atom. The molecular weight excluding hydrogens is 132 g/mol. The highest BCUT2D eigenvalue weighted by Gasteiger charge is 2.28. The summed E-state index contributed by atoms with van der Waals surface area (Å²) >= 11 is 0. The lowest BCUT2D eigenvalue weighted by Gasteiger charge is -2.11. The van der Waals surface area contributed by atoms with E-state index in [0.717, 1.165) is 6.54 Å². The topological polar surface area (TPSA) is 69.7 Å². The third-order valence-corrected chi connectivity index (χ3v) is 1.78. The average Bonchev–Trinajstić information content (AvgIpc) is 2.14. The Morgan fingerprint density at radius 3 is 2.20 bits per heavy atom. The Kier molecular flexibility index (Phi) is 2.62. The van der Waals surface area contributed by atoms with Gasteiger partial charge in [0, 0.05) is 26.2 Å². The van der Waals surface area contributed by atoms with Crippen LogP contribution >= 0.6 is 0 Å². The molecule has 1 saturated heterocycles. The molecule has 0 aromatic rings. The molecule has 1 aliphatic heterocycles. The summed E-state index contributed by atoms with van der Waals surface area (Å²) in [6.07, 6.45) is -1.15. The third kappa shape index (κ3) is 1.67. The monoisotopic (exact) mass is 146 g/mol. The quantitative estimate of drug-likeness (QED) is 0.421. The zero-order valence-electron chi connectivity index (χ0n) is 5.90. The van der Waals surface area contributed by atoms with Gasteiger partial charge >= 0.3 is 0 Å². The Hall–Kier alpha value is -0.160. The van der Waals surface area contributed by atoms with Crippen molar-refractivity contribution in [2.24, 2.45) is 5.73 Å². The predicted molar refractivity (Wildman–Crippen MR) is 37.5 cm³/mol. The van der Waals surface area contributed by atoms with Crippen LogP contribution in [0.1, 0.15) is 0 Å². The van der Waals surface area contributed by atoms with Crippen LogP contribution in [0.15, 0.2) is 0 Å². The van der Waals surface area contributed by atoms with Gasteiger partial charge in [-0.05, 0) is 0 Å². The highest BCUT2D eigenvalue weighted by molar-refractivity contribution is 4.82. The summed E-state index contributed by atoms with van der Waals surface area (Å²) in [6.45, 7) is 2.45. The Bertz CT molecular complexity index is 99.9. The summed E-state index contributed by atoms with van der Waals surface area (Å²) in [5.74, 6) is 0. The van der Waals surface area contributed by atoms with E-state index in [-0.39, 0.29) is 0 Å². The molecule has 1 aliphatic rings. The molecule has 0 unspecified atom stereocenters. The summed E-state index contributed by atoms with van der Waals surface area (Å²) in [6, 6.07) is 0. The highest BCUT2D eigenvalue weighted by Crippen LogP contribution is 2.07. The molecule has 1 heterocycles. The van der Waals surface area contributed by atoms with Gasteiger partial charge in [-0.1, -0.05) is 0 Å². The average molecular weight is 146 g/mol. The Balaban J connectivity index is 2.27. The Labute approximate surface area is 60.2 Å². The number of aliphatic hydroxyl groups excluding tert-OH is 2. The second-order valence-corrected chi connectivity index (χ2v) is 2.68. The van der Waals surface area contributed by atoms with E-state index in [1.807, 2.05) is 4.90 Å². The van der Waals surface area contributed by atoms with Crippen molar-refractivity contribution in [3.8, 4) is 0 Å². The van der Waals surface area contributed by atoms with Crippen molar-refractivity contribution in [3.63, 3.8) is 0 Å². The minimum atomic E-state index is -0.577. The first-order valence-corrected chi connectivity index (χ1v) is 3.52. The molecule has 0 amide bonds. The summed E-state index contributed by atoms with van der Waals surface area (Å²) in [4.78, 5) is 1.95. The number of β-amino-alcohol motifs (C(OH)–C–C–N with tert-alkyl or cyclic N) is 2. The normalized spacial score (nSPS) is 35.1. The lowest BCUT2D eigenvalue weighted by molar-refractivity contribution is 0.0572. The van der Waals surface area contributed by atoms with Gasteiger partial charge in [0.05, 0.1) is 12.2 Å². The molecule has 4 nitrogen and oxygen atoms in total. The van der Waals surface area contributed by atoms with Crippen LogP contribution in [-0.4, -0.2) is 53.5 Å². The fourth-order valence-electron chi connectivity index (χ4n) is 1.21. The van der Waals surface area contributed by atoms with Crippen LogP contribution in [-0.2, 0) is 0 Å². The number of likely N-dealkylation sites (tertiary alicyclic amines) is 1. The van der Waals surface area contributed by atoms with Gasteiger partial charge in [0.2, 0.25) is 0 Å². The van der Waals surface area contributed by atoms with Crippen LogP contribution in [0.3, 0.4) is 0 Å². The first kappa shape index (κ1) is 7.94. The lowest BCUT2D eigenvalue weighted by Crippen LogP contribution is -2.28. The fraction of sp³-hybridized carbons (Fsp3) is 1.00. The molecule has 4 N–H and O–H groups in total. The number of nitrogens with zero attached hydrogens (tertiary/aromatic N) is 1. The maximum Gasteiger partial charge on any atom is 0.0938 e. The first-order valence-electron chi connectivity index (χ1n) is 3.52. The molecular formula is C6H14N2O2. The van der Waals surface area contributed by atoms with Gasteiger partial charge in [-0.15, -0.1) is 0 Å². The fourth-order valence-corrected chi connectivity index (χ4v) is 1.21. The van der Waals surface area contributed by atoms with E-state index in [0.29, 0.717) is 19.6 Å². The van der Waals surface area contributed by atoms with Gasteiger partial charge in [0.15, 0.2) is 0 Å². The van der Waals surface area contributed by atoms with Crippen molar-refractivity contribution in [1.29, 1.82) is 0 Å². The van der Waals surface area contributed by atoms with E-state index in [1.165, 1.54) is 0 Å². The van der Waals surface area contributed by atoms with Crippen LogP contribution < -0.4 is 5.73 Å². The lowest BCUT2D eigenvalue weighted by atomic mass is 10.3. The molecule has 1 fully saturated rings. The van der Waals surface area contributed by atoms with Crippen LogP contribution in [0, 0.1) is 0 Å². The van der Waals surface area contributed by atoms with E-state index in [4.69, 9.17) is 15.9 Å². The van der Waals surface area contributed by atoms with E-state index in [1.54, 1.807) is 0 Å². The van der Waals surface area contributed by atoms with Crippen LogP contribution in [0.2, 0.25) is 0 Å². The third-order valence-electron chi connectivity index (χ3n) is 1.78. The molecule has 0 spiro atoms. The van der Waals surface area contributed by atoms with Gasteiger partial charge in [0.25, 0.3) is 0 Å². The summed E-state index contributed by atoms with van der Waals surface area (Å²) in [5, 5.41) is 18.1. The standard InChI is InChI=1S/C6H14N2O2/c7-1-2-8-3-5(9)6(10)4-8/h5-6,9-10H,1-4,7H2/t5-,6-/m1/s1. The van der Waals surface area contributed by atoms with Gasteiger partial charge in [-0.2, -0.15) is 0 Å². The Morgan fingerprint density at radius 2 is 1.80 bits per heavy atom. The van der Waals surface area contributed by atoms with Gasteiger partial charge < -0.3 is 15.9 Å². The minimum absolute atomic E-state index is 0.554. The van der Waals surface area contributed by atoms with Gasteiger partial charge in [0.1, 0.15) is 0 Å². The van der Waals surface area contributed by atoms with Crippen LogP contribution in [0.25, 0.3) is 0 Å². The molecule has 10 heavy (non-hydrogen) atoms. The van der Waals surface area contributed by atoms with Crippen molar-refractivity contribution in [3.05, 3.63) is 0 Å². The van der Waals surface area contributed by atoms with E-state index < -0.39 is 12.2 Å². The number of aliphatic hydroxyl groups is 2. The molecule has 0 saturated carbocycles. The molecule has 1 rings (SSSR count). The minimum Gasteiger partial charge on any atom is -0.389 e. The predicted octanol–water partition coefficient (Wildman–Crippen LogP) is -2.02. The highest BCUT2D eigenvalue weighted by atomic mass is 16.3. The van der Waals surface area contributed by atoms with E-state index in [2.05, 4.69) is 0 Å². The van der Waals surface area contributed by atoms with Crippen molar-refractivity contribution in [1.82, 2.24) is 4.90 Å². The summed E-state index contributed by atoms with van der Waals surface area (Å²) in [5.41, 5.74) is 5.29. The largest absolute Gasteiger partial charge is 0.389 e. The molecule has 0 bridgehead atoms. The van der Waals surface area contributed by atoms with E-state index >= 15 is 0 Å². The van der Waals surface area contributed by atoms with Gasteiger partial charge in [-0.25, -0.2) is 0 Å². The van der Waals surface area contributed by atoms with Crippen molar-refractivity contribution in [2.75, 3.05) is 26.2 Å². The molecule has 60 valence electrons. The zero-order valence-corrected chi connectivity index (χ0v) is 5.90. The maximum atomic E-state index is 9.06. The van der Waals surface area contributed by atoms with Crippen LogP contribution in [0.4, 0.5) is 0 Å². The van der Waals surface area contributed by atoms with E-state index in [9.17, 15) is 0 Å². The first-order chi connectivity index (χ1) is 4.74. The maximum absolute atomic E-state index is 9.06. The number of nitrogens with two attached hydrogens (primary N) is 1. The number of rotatable bonds is 2. The molecule has 4 heteroatoms. The second kappa shape index (κ2) is 3.30. The van der Waals surface area contributed by atoms with Crippen molar-refractivity contribution < 1.29 is 10.2 Å². The summed E-state index contributed by atoms with van der Waals surface area (Å²) in [7, 11) is 0. The smallest absolute Gasteiger partial charge is 0.0938 e.